The van der Waals surface area contributed by atoms with Gasteiger partial charge in [0, 0.05) is 24.2 Å². The molecule has 1 aliphatic rings. The highest BCUT2D eigenvalue weighted by Crippen LogP contribution is 2.19. The number of amides is 2. The molecule has 1 fully saturated rings. The summed E-state index contributed by atoms with van der Waals surface area (Å²) in [6.45, 7) is 8.92. The molecule has 1 aliphatic heterocycles. The first kappa shape index (κ1) is 20.1. The van der Waals surface area contributed by atoms with Gasteiger partial charge in [-0.1, -0.05) is 11.2 Å². The number of hydrogen-bond acceptors (Lipinski definition) is 5. The number of hydrogen-bond donors (Lipinski definition) is 1. The number of ether oxygens (including phenoxy) is 1. The highest BCUT2D eigenvalue weighted by atomic mass is 16.5. The molecular weight excluding hydrogens is 358 g/mol. The number of morpholine rings is 1. The zero-order chi connectivity index (χ0) is 20.3. The summed E-state index contributed by atoms with van der Waals surface area (Å²) in [4.78, 5) is 27.2. The van der Waals surface area contributed by atoms with Crippen molar-refractivity contribution in [3.8, 4) is 0 Å². The number of aromatic nitrogens is 1. The summed E-state index contributed by atoms with van der Waals surface area (Å²) in [7, 11) is 0. The standard InChI is InChI=1S/C21H27N3O4/c1-13-7-14(2)9-17(8-13)22-20(25)10-18-12-27-6-5-24(18)21(26)11-19-15(3)23-28-16(19)4/h7-9,18H,5-6,10-12H2,1-4H3,(H,22,25)/t18-/m1/s1. The topological polar surface area (TPSA) is 84.7 Å². The van der Waals surface area contributed by atoms with Crippen LogP contribution < -0.4 is 5.32 Å². The third-order valence-electron chi connectivity index (χ3n) is 4.98. The van der Waals surface area contributed by atoms with E-state index in [9.17, 15) is 9.59 Å². The maximum atomic E-state index is 12.9. The lowest BCUT2D eigenvalue weighted by Gasteiger charge is -2.35. The Morgan fingerprint density at radius 1 is 1.18 bits per heavy atom. The summed E-state index contributed by atoms with van der Waals surface area (Å²) < 4.78 is 10.7. The molecule has 28 heavy (non-hydrogen) atoms. The molecule has 1 N–H and O–H groups in total. The quantitative estimate of drug-likeness (QED) is 0.855. The van der Waals surface area contributed by atoms with Crippen molar-refractivity contribution < 1.29 is 18.8 Å². The van der Waals surface area contributed by atoms with E-state index >= 15 is 0 Å². The van der Waals surface area contributed by atoms with E-state index in [1.165, 1.54) is 0 Å². The molecule has 0 saturated carbocycles. The largest absolute Gasteiger partial charge is 0.377 e. The Balaban J connectivity index is 1.65. The minimum atomic E-state index is -0.285. The number of benzene rings is 1. The van der Waals surface area contributed by atoms with Gasteiger partial charge in [0.1, 0.15) is 5.76 Å². The van der Waals surface area contributed by atoms with Gasteiger partial charge in [0.15, 0.2) is 0 Å². The van der Waals surface area contributed by atoms with Crippen molar-refractivity contribution in [2.24, 2.45) is 0 Å². The SMILES string of the molecule is Cc1cc(C)cc(NC(=O)C[C@@H]2COCCN2C(=O)Cc2c(C)noc2C)c1. The normalized spacial score (nSPS) is 16.9. The first-order valence-corrected chi connectivity index (χ1v) is 9.50. The van der Waals surface area contributed by atoms with Crippen molar-refractivity contribution >= 4 is 17.5 Å². The van der Waals surface area contributed by atoms with Crippen LogP contribution in [0, 0.1) is 27.7 Å². The van der Waals surface area contributed by atoms with Crippen LogP contribution in [0.15, 0.2) is 22.7 Å². The second kappa shape index (κ2) is 8.56. The Bertz CT molecular complexity index is 835. The van der Waals surface area contributed by atoms with Crippen LogP contribution in [-0.2, 0) is 20.7 Å². The number of carbonyl (C=O) groups excluding carboxylic acids is 2. The lowest BCUT2D eigenvalue weighted by Crippen LogP contribution is -2.50. The van der Waals surface area contributed by atoms with E-state index in [2.05, 4.69) is 16.5 Å². The van der Waals surface area contributed by atoms with Gasteiger partial charge in [-0.2, -0.15) is 0 Å². The predicted octanol–water partition coefficient (Wildman–Crippen LogP) is 2.71. The Labute approximate surface area is 165 Å². The van der Waals surface area contributed by atoms with E-state index in [4.69, 9.17) is 9.26 Å². The van der Waals surface area contributed by atoms with E-state index < -0.39 is 0 Å². The number of nitrogens with one attached hydrogen (secondary N) is 1. The molecule has 2 heterocycles. The zero-order valence-corrected chi connectivity index (χ0v) is 16.9. The van der Waals surface area contributed by atoms with Gasteiger partial charge in [0.25, 0.3) is 0 Å². The molecule has 1 saturated heterocycles. The molecule has 1 aromatic heterocycles. The molecule has 7 heteroatoms. The van der Waals surface area contributed by atoms with Crippen molar-refractivity contribution in [2.75, 3.05) is 25.1 Å². The van der Waals surface area contributed by atoms with Crippen LogP contribution in [0.25, 0.3) is 0 Å². The lowest BCUT2D eigenvalue weighted by molar-refractivity contribution is -0.140. The molecule has 2 aromatic rings. The Morgan fingerprint density at radius 2 is 1.89 bits per heavy atom. The minimum absolute atomic E-state index is 0.0399. The fraction of sp³-hybridized carbons (Fsp3) is 0.476. The summed E-state index contributed by atoms with van der Waals surface area (Å²) >= 11 is 0. The second-order valence-corrected chi connectivity index (χ2v) is 7.42. The van der Waals surface area contributed by atoms with E-state index in [1.54, 1.807) is 11.8 Å². The van der Waals surface area contributed by atoms with Gasteiger partial charge in [-0.15, -0.1) is 0 Å². The predicted molar refractivity (Wildman–Crippen MR) is 105 cm³/mol. The van der Waals surface area contributed by atoms with Crippen LogP contribution in [-0.4, -0.2) is 47.7 Å². The zero-order valence-electron chi connectivity index (χ0n) is 16.9. The molecule has 0 unspecified atom stereocenters. The van der Waals surface area contributed by atoms with Gasteiger partial charge >= 0.3 is 0 Å². The monoisotopic (exact) mass is 385 g/mol. The number of aryl methyl sites for hydroxylation is 4. The van der Waals surface area contributed by atoms with E-state index in [0.29, 0.717) is 25.5 Å². The number of anilines is 1. The molecule has 7 nitrogen and oxygen atoms in total. The van der Waals surface area contributed by atoms with Crippen molar-refractivity contribution in [1.29, 1.82) is 0 Å². The van der Waals surface area contributed by atoms with Gasteiger partial charge in [0.05, 0.1) is 31.4 Å². The number of carbonyl (C=O) groups is 2. The number of rotatable bonds is 5. The van der Waals surface area contributed by atoms with E-state index in [-0.39, 0.29) is 30.7 Å². The van der Waals surface area contributed by atoms with Crippen molar-refractivity contribution in [2.45, 2.75) is 46.6 Å². The van der Waals surface area contributed by atoms with Gasteiger partial charge in [-0.25, -0.2) is 0 Å². The molecule has 150 valence electrons. The average molecular weight is 385 g/mol. The van der Waals surface area contributed by atoms with Gasteiger partial charge in [-0.05, 0) is 51.0 Å². The van der Waals surface area contributed by atoms with Crippen LogP contribution >= 0.6 is 0 Å². The van der Waals surface area contributed by atoms with Crippen molar-refractivity contribution in [3.05, 3.63) is 46.3 Å². The van der Waals surface area contributed by atoms with Crippen LogP contribution in [0.4, 0.5) is 5.69 Å². The molecule has 1 aromatic carbocycles. The minimum Gasteiger partial charge on any atom is -0.377 e. The Hall–Kier alpha value is -2.67. The average Bonchev–Trinajstić information content (AvgIpc) is 2.93. The van der Waals surface area contributed by atoms with Crippen LogP contribution in [0.3, 0.4) is 0 Å². The molecule has 2 amide bonds. The molecule has 0 radical (unpaired) electrons. The lowest BCUT2D eigenvalue weighted by atomic mass is 10.1. The third kappa shape index (κ3) is 4.78. The third-order valence-corrected chi connectivity index (χ3v) is 4.98. The second-order valence-electron chi connectivity index (χ2n) is 7.42. The Kier molecular flexibility index (Phi) is 6.14. The van der Waals surface area contributed by atoms with Gasteiger partial charge in [0.2, 0.25) is 11.8 Å². The molecule has 1 atom stereocenters. The van der Waals surface area contributed by atoms with Gasteiger partial charge < -0.3 is 19.5 Å². The maximum Gasteiger partial charge on any atom is 0.227 e. The summed E-state index contributed by atoms with van der Waals surface area (Å²) in [5.74, 6) is 0.487. The summed E-state index contributed by atoms with van der Waals surface area (Å²) in [6.07, 6.45) is 0.413. The molecule has 3 rings (SSSR count). The smallest absolute Gasteiger partial charge is 0.227 e. The summed E-state index contributed by atoms with van der Waals surface area (Å²) in [5.41, 5.74) is 4.49. The maximum absolute atomic E-state index is 12.9. The molecule has 0 spiro atoms. The van der Waals surface area contributed by atoms with Gasteiger partial charge in [-0.3, -0.25) is 9.59 Å². The van der Waals surface area contributed by atoms with Crippen LogP contribution in [0.2, 0.25) is 0 Å². The number of nitrogens with zero attached hydrogens (tertiary/aromatic N) is 2. The fourth-order valence-corrected chi connectivity index (χ4v) is 3.63. The fourth-order valence-electron chi connectivity index (χ4n) is 3.63. The molecular formula is C21H27N3O4. The first-order valence-electron chi connectivity index (χ1n) is 9.50. The highest BCUT2D eigenvalue weighted by Gasteiger charge is 2.30. The summed E-state index contributed by atoms with van der Waals surface area (Å²) in [5, 5.41) is 6.84. The summed E-state index contributed by atoms with van der Waals surface area (Å²) in [6, 6.07) is 5.64. The highest BCUT2D eigenvalue weighted by molar-refractivity contribution is 5.92. The van der Waals surface area contributed by atoms with E-state index in [1.807, 2.05) is 32.9 Å². The molecule has 0 bridgehead atoms. The van der Waals surface area contributed by atoms with E-state index in [0.717, 1.165) is 28.1 Å². The molecule has 0 aliphatic carbocycles. The Morgan fingerprint density at radius 3 is 2.54 bits per heavy atom. The van der Waals surface area contributed by atoms with Crippen molar-refractivity contribution in [1.82, 2.24) is 10.1 Å². The van der Waals surface area contributed by atoms with Crippen molar-refractivity contribution in [3.63, 3.8) is 0 Å². The van der Waals surface area contributed by atoms with Crippen LogP contribution in [0.1, 0.15) is 34.6 Å². The van der Waals surface area contributed by atoms with Crippen LogP contribution in [0.5, 0.6) is 0 Å². The first-order chi connectivity index (χ1) is 13.3.